The molecule has 0 aliphatic heterocycles. The Morgan fingerprint density at radius 3 is 2.33 bits per heavy atom. The average molecular weight is 300 g/mol. The summed E-state index contributed by atoms with van der Waals surface area (Å²) in [6, 6.07) is 2.16. The third-order valence-electron chi connectivity index (χ3n) is 1.74. The molecule has 0 aromatic rings. The molecule has 0 saturated heterocycles. The number of rotatable bonds is 5. The maximum absolute atomic E-state index is 8.33. The van der Waals surface area contributed by atoms with E-state index < -0.39 is 0 Å². The standard InChI is InChI=1S/C8H16BrN2.BrH/c1-11(2,8-5-9)7-4-3-6-10;/h3-5,7-8H2,1-2H3;1H/q+1;/p-1. The van der Waals surface area contributed by atoms with Gasteiger partial charge in [-0.15, -0.1) is 0 Å². The van der Waals surface area contributed by atoms with Gasteiger partial charge in [0.05, 0.1) is 38.6 Å². The topological polar surface area (TPSA) is 23.8 Å². The van der Waals surface area contributed by atoms with E-state index in [1.165, 1.54) is 0 Å². The number of hydrogen-bond donors (Lipinski definition) is 0. The van der Waals surface area contributed by atoms with Crippen molar-refractivity contribution in [2.24, 2.45) is 0 Å². The molecule has 4 heteroatoms. The highest BCUT2D eigenvalue weighted by Crippen LogP contribution is 2.01. The number of nitriles is 1. The van der Waals surface area contributed by atoms with Crippen LogP contribution >= 0.6 is 15.9 Å². The Morgan fingerprint density at radius 1 is 1.33 bits per heavy atom. The minimum atomic E-state index is 0. The third-order valence-corrected chi connectivity index (χ3v) is 2.10. The molecule has 0 spiro atoms. The first-order valence-corrected chi connectivity index (χ1v) is 4.99. The minimum absolute atomic E-state index is 0. The Labute approximate surface area is 94.0 Å². The molecule has 0 rings (SSSR count). The summed E-state index contributed by atoms with van der Waals surface area (Å²) in [5.41, 5.74) is 0. The van der Waals surface area contributed by atoms with Gasteiger partial charge in [-0.2, -0.15) is 5.26 Å². The van der Waals surface area contributed by atoms with Crippen LogP contribution < -0.4 is 17.0 Å². The lowest BCUT2D eigenvalue weighted by atomic mass is 10.3. The van der Waals surface area contributed by atoms with Crippen LogP contribution in [-0.2, 0) is 0 Å². The largest absolute Gasteiger partial charge is 1.00 e. The van der Waals surface area contributed by atoms with E-state index in [2.05, 4.69) is 36.1 Å². The summed E-state index contributed by atoms with van der Waals surface area (Å²) in [5.74, 6) is 0. The lowest BCUT2D eigenvalue weighted by molar-refractivity contribution is -0.887. The lowest BCUT2D eigenvalue weighted by Crippen LogP contribution is -3.00. The molecule has 0 fully saturated rings. The Balaban J connectivity index is 0. The summed E-state index contributed by atoms with van der Waals surface area (Å²) in [6.07, 6.45) is 1.69. The van der Waals surface area contributed by atoms with Crippen LogP contribution in [0.1, 0.15) is 12.8 Å². The SMILES string of the molecule is C[N+](C)(CCBr)CCCC#N.[Br-]. The Kier molecular flexibility index (Phi) is 9.97. The molecule has 0 radical (unpaired) electrons. The molecule has 0 aliphatic rings. The monoisotopic (exact) mass is 298 g/mol. The molecule has 0 aromatic carbocycles. The van der Waals surface area contributed by atoms with Crippen molar-refractivity contribution in [3.05, 3.63) is 0 Å². The quantitative estimate of drug-likeness (QED) is 0.354. The van der Waals surface area contributed by atoms with Crippen molar-refractivity contribution < 1.29 is 21.5 Å². The number of halogens is 2. The molecule has 0 N–H and O–H groups in total. The molecule has 12 heavy (non-hydrogen) atoms. The first-order valence-electron chi connectivity index (χ1n) is 3.87. The van der Waals surface area contributed by atoms with Crippen LogP contribution in [0.5, 0.6) is 0 Å². The van der Waals surface area contributed by atoms with Crippen molar-refractivity contribution in [1.29, 1.82) is 5.26 Å². The predicted molar refractivity (Wildman–Crippen MR) is 50.5 cm³/mol. The fourth-order valence-electron chi connectivity index (χ4n) is 0.927. The normalized spacial score (nSPS) is 10.2. The summed E-state index contributed by atoms with van der Waals surface area (Å²) in [7, 11) is 4.39. The van der Waals surface area contributed by atoms with Gasteiger partial charge >= 0.3 is 0 Å². The Hall–Kier alpha value is 0.410. The summed E-state index contributed by atoms with van der Waals surface area (Å²) >= 11 is 3.41. The van der Waals surface area contributed by atoms with Gasteiger partial charge in [0, 0.05) is 12.8 Å². The highest BCUT2D eigenvalue weighted by molar-refractivity contribution is 9.09. The van der Waals surface area contributed by atoms with E-state index in [1.807, 2.05) is 0 Å². The number of unbranched alkanes of at least 4 members (excludes halogenated alkanes) is 1. The van der Waals surface area contributed by atoms with Crippen molar-refractivity contribution in [1.82, 2.24) is 0 Å². The predicted octanol–water partition coefficient (Wildman–Crippen LogP) is -1.23. The molecule has 0 amide bonds. The first-order chi connectivity index (χ1) is 5.12. The van der Waals surface area contributed by atoms with E-state index in [0.29, 0.717) is 6.42 Å². The zero-order chi connectivity index (χ0) is 8.74. The number of quaternary nitrogens is 1. The van der Waals surface area contributed by atoms with Crippen molar-refractivity contribution in [3.63, 3.8) is 0 Å². The summed E-state index contributed by atoms with van der Waals surface area (Å²) < 4.78 is 1.01. The van der Waals surface area contributed by atoms with Gasteiger partial charge in [-0.25, -0.2) is 0 Å². The smallest absolute Gasteiger partial charge is 0.0880 e. The van der Waals surface area contributed by atoms with Gasteiger partial charge in [-0.1, -0.05) is 15.9 Å². The van der Waals surface area contributed by atoms with Gasteiger partial charge in [0.15, 0.2) is 0 Å². The molecular formula is C8H16Br2N2. The number of hydrogen-bond acceptors (Lipinski definition) is 1. The summed E-state index contributed by atoms with van der Waals surface area (Å²) in [6.45, 7) is 2.23. The van der Waals surface area contributed by atoms with Crippen molar-refractivity contribution in [3.8, 4) is 6.07 Å². The van der Waals surface area contributed by atoms with Gasteiger partial charge in [-0.05, 0) is 0 Å². The summed E-state index contributed by atoms with van der Waals surface area (Å²) in [5, 5.41) is 9.36. The van der Waals surface area contributed by atoms with Crippen LogP contribution in [-0.4, -0.2) is 37.0 Å². The highest BCUT2D eigenvalue weighted by Gasteiger charge is 2.12. The van der Waals surface area contributed by atoms with E-state index in [9.17, 15) is 0 Å². The molecule has 72 valence electrons. The zero-order valence-corrected chi connectivity index (χ0v) is 10.9. The lowest BCUT2D eigenvalue weighted by Gasteiger charge is -2.28. The van der Waals surface area contributed by atoms with Gasteiger partial charge in [0.1, 0.15) is 0 Å². The molecule has 0 aromatic heterocycles. The number of alkyl halides is 1. The van der Waals surface area contributed by atoms with Crippen LogP contribution in [0.25, 0.3) is 0 Å². The van der Waals surface area contributed by atoms with E-state index in [0.717, 1.165) is 29.3 Å². The van der Waals surface area contributed by atoms with Crippen LogP contribution in [0.15, 0.2) is 0 Å². The molecule has 0 bridgehead atoms. The molecule has 0 unspecified atom stereocenters. The van der Waals surface area contributed by atoms with Gasteiger partial charge < -0.3 is 21.5 Å². The second kappa shape index (κ2) is 8.03. The molecule has 2 nitrogen and oxygen atoms in total. The maximum Gasteiger partial charge on any atom is 0.0880 e. The Bertz CT molecular complexity index is 140. The fraction of sp³-hybridized carbons (Fsp3) is 0.875. The summed E-state index contributed by atoms with van der Waals surface area (Å²) in [4.78, 5) is 0. The van der Waals surface area contributed by atoms with Gasteiger partial charge in [0.25, 0.3) is 0 Å². The van der Waals surface area contributed by atoms with Crippen molar-refractivity contribution in [2.45, 2.75) is 12.8 Å². The van der Waals surface area contributed by atoms with Crippen LogP contribution in [0.3, 0.4) is 0 Å². The van der Waals surface area contributed by atoms with E-state index >= 15 is 0 Å². The second-order valence-corrected chi connectivity index (χ2v) is 4.13. The highest BCUT2D eigenvalue weighted by atomic mass is 79.9. The minimum Gasteiger partial charge on any atom is -1.00 e. The zero-order valence-electron chi connectivity index (χ0n) is 7.69. The van der Waals surface area contributed by atoms with Crippen LogP contribution in [0.4, 0.5) is 0 Å². The van der Waals surface area contributed by atoms with E-state index in [-0.39, 0.29) is 17.0 Å². The second-order valence-electron chi connectivity index (χ2n) is 3.33. The molecule has 0 atom stereocenters. The van der Waals surface area contributed by atoms with E-state index in [4.69, 9.17) is 5.26 Å². The molecule has 0 heterocycles. The number of nitrogens with zero attached hydrogens (tertiary/aromatic N) is 2. The molecule has 0 saturated carbocycles. The van der Waals surface area contributed by atoms with Gasteiger partial charge in [0.2, 0.25) is 0 Å². The molecule has 0 aliphatic carbocycles. The van der Waals surface area contributed by atoms with Crippen LogP contribution in [0, 0.1) is 11.3 Å². The molecular weight excluding hydrogens is 284 g/mol. The third kappa shape index (κ3) is 8.51. The first kappa shape index (κ1) is 14.9. The van der Waals surface area contributed by atoms with Crippen LogP contribution in [0.2, 0.25) is 0 Å². The Morgan fingerprint density at radius 2 is 1.92 bits per heavy atom. The fourth-order valence-corrected chi connectivity index (χ4v) is 1.89. The van der Waals surface area contributed by atoms with Crippen molar-refractivity contribution >= 4 is 15.9 Å². The van der Waals surface area contributed by atoms with Gasteiger partial charge in [-0.3, -0.25) is 0 Å². The van der Waals surface area contributed by atoms with E-state index in [1.54, 1.807) is 0 Å². The average Bonchev–Trinajstić information content (AvgIpc) is 1.87. The van der Waals surface area contributed by atoms with Crippen molar-refractivity contribution in [2.75, 3.05) is 32.5 Å². The maximum atomic E-state index is 8.33.